The van der Waals surface area contributed by atoms with Gasteiger partial charge in [-0.3, -0.25) is 0 Å². The van der Waals surface area contributed by atoms with Gasteiger partial charge in [0.1, 0.15) is 5.75 Å². The number of aliphatic carboxylic acids is 1. The van der Waals surface area contributed by atoms with Gasteiger partial charge in [-0.2, -0.15) is 0 Å². The van der Waals surface area contributed by atoms with Crippen LogP contribution in [-0.4, -0.2) is 28.4 Å². The molecule has 0 heterocycles. The van der Waals surface area contributed by atoms with Gasteiger partial charge < -0.3 is 20.1 Å². The Kier molecular flexibility index (Phi) is 3.65. The molecule has 0 radical (unpaired) electrons. The third-order valence-corrected chi connectivity index (χ3v) is 2.03. The fourth-order valence-corrected chi connectivity index (χ4v) is 1.33. The summed E-state index contributed by atoms with van der Waals surface area (Å²) in [6, 6.07) is 4.59. The fraction of sp³-hybridized carbons (Fsp3) is 0.300. The van der Waals surface area contributed by atoms with Gasteiger partial charge in [0.15, 0.2) is 6.10 Å². The van der Waals surface area contributed by atoms with Crippen molar-refractivity contribution in [1.29, 1.82) is 0 Å². The number of carboxylic acids is 1. The molecule has 0 bridgehead atoms. The zero-order valence-electron chi connectivity index (χ0n) is 8.17. The minimum atomic E-state index is -1.65. The van der Waals surface area contributed by atoms with E-state index in [4.69, 9.17) is 14.9 Å². The molecule has 0 aliphatic heterocycles. The van der Waals surface area contributed by atoms with Crippen LogP contribution in [0, 0.1) is 0 Å². The first kappa shape index (κ1) is 11.5. The Hall–Kier alpha value is -1.59. The molecule has 82 valence electrons. The van der Waals surface area contributed by atoms with Crippen LogP contribution in [0.1, 0.15) is 17.2 Å². The second-order valence-electron chi connectivity index (χ2n) is 2.94. The van der Waals surface area contributed by atoms with E-state index in [9.17, 15) is 9.90 Å². The van der Waals surface area contributed by atoms with Gasteiger partial charge in [0.25, 0.3) is 0 Å². The van der Waals surface area contributed by atoms with E-state index in [0.717, 1.165) is 0 Å². The highest BCUT2D eigenvalue weighted by atomic mass is 16.5. The van der Waals surface area contributed by atoms with Crippen molar-refractivity contribution in [2.75, 3.05) is 7.11 Å². The summed E-state index contributed by atoms with van der Waals surface area (Å²) in [4.78, 5) is 10.6. The molecule has 5 heteroatoms. The molecule has 1 aromatic rings. The van der Waals surface area contributed by atoms with Crippen molar-refractivity contribution < 1.29 is 24.9 Å². The van der Waals surface area contributed by atoms with Crippen molar-refractivity contribution in [2.45, 2.75) is 12.7 Å². The van der Waals surface area contributed by atoms with E-state index in [1.165, 1.54) is 13.2 Å². The topological polar surface area (TPSA) is 87.0 Å². The lowest BCUT2D eigenvalue weighted by Crippen LogP contribution is -2.12. The molecule has 0 aliphatic rings. The van der Waals surface area contributed by atoms with Crippen LogP contribution in [0.3, 0.4) is 0 Å². The number of hydrogen-bond donors (Lipinski definition) is 3. The van der Waals surface area contributed by atoms with Gasteiger partial charge in [-0.15, -0.1) is 0 Å². The van der Waals surface area contributed by atoms with Gasteiger partial charge in [0.2, 0.25) is 0 Å². The number of carbonyl (C=O) groups is 1. The average molecular weight is 212 g/mol. The van der Waals surface area contributed by atoms with E-state index in [1.54, 1.807) is 12.1 Å². The number of carboxylic acid groups (broad SMARTS) is 1. The van der Waals surface area contributed by atoms with Crippen LogP contribution in [0.4, 0.5) is 0 Å². The Morgan fingerprint density at radius 1 is 1.53 bits per heavy atom. The molecule has 0 saturated carbocycles. The maximum absolute atomic E-state index is 10.6. The third kappa shape index (κ3) is 2.26. The predicted molar refractivity (Wildman–Crippen MR) is 51.5 cm³/mol. The molecular formula is C10H12O5. The molecule has 1 aromatic carbocycles. The number of ether oxygens (including phenoxy) is 1. The summed E-state index contributed by atoms with van der Waals surface area (Å²) in [6.07, 6.45) is -1.65. The first-order valence-electron chi connectivity index (χ1n) is 4.29. The Balaban J connectivity index is 3.22. The van der Waals surface area contributed by atoms with Gasteiger partial charge >= 0.3 is 5.97 Å². The van der Waals surface area contributed by atoms with Crippen molar-refractivity contribution in [2.24, 2.45) is 0 Å². The highest BCUT2D eigenvalue weighted by Gasteiger charge is 2.21. The minimum Gasteiger partial charge on any atom is -0.496 e. The Morgan fingerprint density at radius 2 is 2.20 bits per heavy atom. The smallest absolute Gasteiger partial charge is 0.337 e. The van der Waals surface area contributed by atoms with Crippen molar-refractivity contribution in [3.05, 3.63) is 29.3 Å². The summed E-state index contributed by atoms with van der Waals surface area (Å²) < 4.78 is 4.96. The van der Waals surface area contributed by atoms with E-state index >= 15 is 0 Å². The van der Waals surface area contributed by atoms with E-state index in [0.29, 0.717) is 5.56 Å². The lowest BCUT2D eigenvalue weighted by molar-refractivity contribution is -0.147. The van der Waals surface area contributed by atoms with E-state index in [1.807, 2.05) is 0 Å². The largest absolute Gasteiger partial charge is 0.496 e. The number of methoxy groups -OCH3 is 1. The van der Waals surface area contributed by atoms with Gasteiger partial charge in [0, 0.05) is 11.1 Å². The lowest BCUT2D eigenvalue weighted by atomic mass is 10.0. The van der Waals surface area contributed by atoms with Crippen LogP contribution >= 0.6 is 0 Å². The summed E-state index contributed by atoms with van der Waals surface area (Å²) in [6.45, 7) is -0.274. The maximum atomic E-state index is 10.6. The number of para-hydroxylation sites is 1. The van der Waals surface area contributed by atoms with Crippen molar-refractivity contribution in [3.8, 4) is 5.75 Å². The van der Waals surface area contributed by atoms with Crippen molar-refractivity contribution in [3.63, 3.8) is 0 Å². The molecule has 0 saturated heterocycles. The van der Waals surface area contributed by atoms with Gasteiger partial charge in [-0.05, 0) is 0 Å². The molecular weight excluding hydrogens is 200 g/mol. The van der Waals surface area contributed by atoms with Crippen molar-refractivity contribution >= 4 is 5.97 Å². The molecule has 1 rings (SSSR count). The Morgan fingerprint density at radius 3 is 2.67 bits per heavy atom. The Bertz CT molecular complexity index is 361. The van der Waals surface area contributed by atoms with E-state index in [-0.39, 0.29) is 17.9 Å². The van der Waals surface area contributed by atoms with Crippen LogP contribution in [0.15, 0.2) is 18.2 Å². The number of aliphatic hydroxyl groups excluding tert-OH is 2. The standard InChI is InChI=1S/C10H12O5/c1-15-9-6(5-11)3-2-4-7(9)8(12)10(13)14/h2-4,8,11-12H,5H2,1H3,(H,13,14). The number of aliphatic hydroxyl groups is 2. The van der Waals surface area contributed by atoms with Crippen LogP contribution in [0.5, 0.6) is 5.75 Å². The van der Waals surface area contributed by atoms with Crippen LogP contribution in [0.25, 0.3) is 0 Å². The second kappa shape index (κ2) is 4.77. The molecule has 0 amide bonds. The molecule has 5 nitrogen and oxygen atoms in total. The summed E-state index contributed by atoms with van der Waals surface area (Å²) in [5.74, 6) is -1.15. The summed E-state index contributed by atoms with van der Waals surface area (Å²) in [5, 5.41) is 27.0. The minimum absolute atomic E-state index is 0.136. The first-order valence-corrected chi connectivity index (χ1v) is 4.29. The van der Waals surface area contributed by atoms with Gasteiger partial charge in [-0.25, -0.2) is 4.79 Å². The molecule has 0 aromatic heterocycles. The normalized spacial score (nSPS) is 12.2. The molecule has 15 heavy (non-hydrogen) atoms. The molecule has 1 unspecified atom stereocenters. The summed E-state index contributed by atoms with van der Waals surface area (Å²) in [7, 11) is 1.35. The number of rotatable bonds is 4. The monoisotopic (exact) mass is 212 g/mol. The molecule has 3 N–H and O–H groups in total. The summed E-state index contributed by atoms with van der Waals surface area (Å²) >= 11 is 0. The Labute approximate surface area is 86.5 Å². The SMILES string of the molecule is COc1c(CO)cccc1C(O)C(=O)O. The number of hydrogen-bond acceptors (Lipinski definition) is 4. The molecule has 0 fully saturated rings. The maximum Gasteiger partial charge on any atom is 0.337 e. The molecule has 0 aliphatic carbocycles. The molecule has 0 spiro atoms. The van der Waals surface area contributed by atoms with E-state index in [2.05, 4.69) is 0 Å². The van der Waals surface area contributed by atoms with Gasteiger partial charge in [-0.1, -0.05) is 18.2 Å². The second-order valence-corrected chi connectivity index (χ2v) is 2.94. The lowest BCUT2D eigenvalue weighted by Gasteiger charge is -2.14. The highest BCUT2D eigenvalue weighted by Crippen LogP contribution is 2.29. The highest BCUT2D eigenvalue weighted by molar-refractivity contribution is 5.75. The van der Waals surface area contributed by atoms with Crippen molar-refractivity contribution in [1.82, 2.24) is 0 Å². The number of benzene rings is 1. The van der Waals surface area contributed by atoms with Gasteiger partial charge in [0.05, 0.1) is 13.7 Å². The fourth-order valence-electron chi connectivity index (χ4n) is 1.33. The predicted octanol–water partition coefficient (Wildman–Crippen LogP) is 0.305. The van der Waals surface area contributed by atoms with Crippen LogP contribution < -0.4 is 4.74 Å². The van der Waals surface area contributed by atoms with Crippen LogP contribution in [-0.2, 0) is 11.4 Å². The quantitative estimate of drug-likeness (QED) is 0.668. The summed E-state index contributed by atoms with van der Waals surface area (Å²) in [5.41, 5.74) is 0.576. The zero-order valence-corrected chi connectivity index (χ0v) is 8.17. The first-order chi connectivity index (χ1) is 7.11. The van der Waals surface area contributed by atoms with Crippen LogP contribution in [0.2, 0.25) is 0 Å². The molecule has 1 atom stereocenters. The average Bonchev–Trinajstić information content (AvgIpc) is 2.26. The zero-order chi connectivity index (χ0) is 11.4. The van der Waals surface area contributed by atoms with E-state index < -0.39 is 12.1 Å². The third-order valence-electron chi connectivity index (χ3n) is 2.03.